The van der Waals surface area contributed by atoms with Gasteiger partial charge in [0.25, 0.3) is 0 Å². The van der Waals surface area contributed by atoms with Crippen molar-refractivity contribution in [1.82, 2.24) is 5.32 Å². The Kier molecular flexibility index (Phi) is 4.01. The average molecular weight is 345 g/mol. The highest BCUT2D eigenvalue weighted by Crippen LogP contribution is 2.40. The molecule has 1 N–H and O–H groups in total. The molecule has 1 saturated carbocycles. The van der Waals surface area contributed by atoms with Crippen LogP contribution in [0.4, 0.5) is 0 Å². The molecule has 2 aliphatic rings. The van der Waals surface area contributed by atoms with E-state index in [1.807, 2.05) is 0 Å². The van der Waals surface area contributed by atoms with Gasteiger partial charge in [-0.3, -0.25) is 0 Å². The normalized spacial score (nSPS) is 26.1. The summed E-state index contributed by atoms with van der Waals surface area (Å²) in [6.07, 6.45) is 5.98. The van der Waals surface area contributed by atoms with Crippen LogP contribution in [0, 0.1) is 11.8 Å². The van der Waals surface area contributed by atoms with E-state index in [0.717, 1.165) is 12.8 Å². The number of hydrogen-bond acceptors (Lipinski definition) is 4. The molecule has 5 heteroatoms. The molecule has 1 heterocycles. The Morgan fingerprint density at radius 2 is 1.67 bits per heavy atom. The van der Waals surface area contributed by atoms with Gasteiger partial charge in [0.2, 0.25) is 14.9 Å². The van der Waals surface area contributed by atoms with Crippen LogP contribution in [0.3, 0.4) is 0 Å². The number of rotatable bonds is 4. The van der Waals surface area contributed by atoms with Crippen LogP contribution in [0.1, 0.15) is 29.7 Å². The number of nitrogens with one attached hydrogen (secondary N) is 1. The minimum absolute atomic E-state index is 0.0514. The summed E-state index contributed by atoms with van der Waals surface area (Å²) < 4.78 is 28.5. The Hall–Kier alpha value is -1.59. The molecule has 0 saturated heterocycles. The maximum Gasteiger partial charge on any atom is 0.217 e. The Morgan fingerprint density at radius 1 is 1.04 bits per heavy atom. The lowest BCUT2D eigenvalue weighted by Gasteiger charge is -2.23. The molecule has 0 radical (unpaired) electrons. The molecule has 1 fully saturated rings. The molecule has 2 aromatic rings. The first-order valence-corrected chi connectivity index (χ1v) is 10.5. The zero-order valence-corrected chi connectivity index (χ0v) is 14.7. The third-order valence-corrected chi connectivity index (χ3v) is 6.47. The Balaban J connectivity index is 1.47. The predicted octanol–water partition coefficient (Wildman–Crippen LogP) is 2.97. The number of fused-ring (bicyclic) bond motifs is 3. The minimum Gasteiger partial charge on any atom is -0.448 e. The van der Waals surface area contributed by atoms with Crippen molar-refractivity contribution in [2.24, 2.45) is 11.8 Å². The summed E-state index contributed by atoms with van der Waals surface area (Å²) in [7, 11) is -3.27. The van der Waals surface area contributed by atoms with E-state index in [2.05, 4.69) is 29.6 Å². The van der Waals surface area contributed by atoms with Gasteiger partial charge in [0.05, 0.1) is 6.54 Å². The molecule has 0 amide bonds. The fourth-order valence-corrected chi connectivity index (χ4v) is 4.93. The van der Waals surface area contributed by atoms with E-state index in [0.29, 0.717) is 30.2 Å². The molecular weight excluding hydrogens is 322 g/mol. The first-order valence-electron chi connectivity index (χ1n) is 8.59. The van der Waals surface area contributed by atoms with Gasteiger partial charge >= 0.3 is 0 Å². The molecule has 1 aromatic heterocycles. The third-order valence-electron chi connectivity index (χ3n) is 5.52. The van der Waals surface area contributed by atoms with Crippen molar-refractivity contribution in [3.63, 3.8) is 0 Å². The summed E-state index contributed by atoms with van der Waals surface area (Å²) in [5.74, 6) is 2.00. The highest BCUT2D eigenvalue weighted by Gasteiger charge is 2.38. The molecular formula is C19H23NO3S. The maximum atomic E-state index is 11.5. The van der Waals surface area contributed by atoms with Gasteiger partial charge in [-0.2, -0.15) is 0 Å². The summed E-state index contributed by atoms with van der Waals surface area (Å²) in [6, 6.07) is 12.6. The van der Waals surface area contributed by atoms with Crippen LogP contribution in [-0.2, 0) is 29.2 Å². The fourth-order valence-electron chi connectivity index (χ4n) is 4.36. The Labute approximate surface area is 143 Å². The van der Waals surface area contributed by atoms with Crippen LogP contribution in [0.2, 0.25) is 0 Å². The number of hydrogen-bond donors (Lipinski definition) is 1. The standard InChI is InChI=1S/C19H23NO3S/c1-24(21,22)18-9-8-17(23-18)12-20-19-15-6-7-16(19)11-14-5-3-2-4-13(14)10-15/h2-5,8-9,15-16,19-20H,6-7,10-12H2,1H3. The summed E-state index contributed by atoms with van der Waals surface area (Å²) in [6.45, 7) is 0.587. The SMILES string of the molecule is CS(=O)(=O)c1ccc(CNC2C3CCC2Cc2ccccc2C3)o1. The van der Waals surface area contributed by atoms with E-state index in [9.17, 15) is 8.42 Å². The van der Waals surface area contributed by atoms with Crippen LogP contribution >= 0.6 is 0 Å². The van der Waals surface area contributed by atoms with E-state index in [1.165, 1.54) is 30.2 Å². The minimum atomic E-state index is -3.27. The fraction of sp³-hybridized carbons (Fsp3) is 0.474. The van der Waals surface area contributed by atoms with Crippen molar-refractivity contribution >= 4 is 9.84 Å². The molecule has 2 bridgehead atoms. The lowest BCUT2D eigenvalue weighted by Crippen LogP contribution is -2.37. The van der Waals surface area contributed by atoms with E-state index in [1.54, 1.807) is 12.1 Å². The van der Waals surface area contributed by atoms with Crippen molar-refractivity contribution < 1.29 is 12.8 Å². The van der Waals surface area contributed by atoms with E-state index in [4.69, 9.17) is 4.42 Å². The molecule has 2 unspecified atom stereocenters. The molecule has 0 aliphatic heterocycles. The molecule has 2 atom stereocenters. The van der Waals surface area contributed by atoms with Crippen molar-refractivity contribution in [3.8, 4) is 0 Å². The van der Waals surface area contributed by atoms with Crippen molar-refractivity contribution in [3.05, 3.63) is 53.3 Å². The van der Waals surface area contributed by atoms with Gasteiger partial charge in [0.1, 0.15) is 5.76 Å². The molecule has 4 rings (SSSR count). The van der Waals surface area contributed by atoms with Crippen molar-refractivity contribution in [2.75, 3.05) is 6.26 Å². The Morgan fingerprint density at radius 3 is 2.21 bits per heavy atom. The average Bonchev–Trinajstić information content (AvgIpc) is 3.09. The topological polar surface area (TPSA) is 59.3 Å². The maximum absolute atomic E-state index is 11.5. The number of furan rings is 1. The summed E-state index contributed by atoms with van der Waals surface area (Å²) in [5.41, 5.74) is 2.99. The third kappa shape index (κ3) is 3.03. The highest BCUT2D eigenvalue weighted by atomic mass is 32.2. The molecule has 2 aliphatic carbocycles. The van der Waals surface area contributed by atoms with Crippen molar-refractivity contribution in [2.45, 2.75) is 43.4 Å². The molecule has 128 valence electrons. The van der Waals surface area contributed by atoms with Gasteiger partial charge in [-0.25, -0.2) is 8.42 Å². The van der Waals surface area contributed by atoms with Gasteiger partial charge in [-0.1, -0.05) is 24.3 Å². The summed E-state index contributed by atoms with van der Waals surface area (Å²) >= 11 is 0. The highest BCUT2D eigenvalue weighted by molar-refractivity contribution is 7.90. The van der Waals surface area contributed by atoms with Gasteiger partial charge < -0.3 is 9.73 Å². The van der Waals surface area contributed by atoms with Crippen LogP contribution in [0.15, 0.2) is 45.9 Å². The van der Waals surface area contributed by atoms with E-state index in [-0.39, 0.29) is 5.09 Å². The van der Waals surface area contributed by atoms with Crippen LogP contribution in [-0.4, -0.2) is 20.7 Å². The summed E-state index contributed by atoms with van der Waals surface area (Å²) in [4.78, 5) is 0. The van der Waals surface area contributed by atoms with Crippen LogP contribution < -0.4 is 5.32 Å². The first kappa shape index (κ1) is 15.9. The molecule has 4 nitrogen and oxygen atoms in total. The second-order valence-corrected chi connectivity index (χ2v) is 9.12. The quantitative estimate of drug-likeness (QED) is 0.925. The number of sulfone groups is 1. The van der Waals surface area contributed by atoms with E-state index < -0.39 is 9.84 Å². The zero-order chi connectivity index (χ0) is 16.7. The second-order valence-electron chi connectivity index (χ2n) is 7.17. The lowest BCUT2D eigenvalue weighted by atomic mass is 9.94. The van der Waals surface area contributed by atoms with Crippen molar-refractivity contribution in [1.29, 1.82) is 0 Å². The largest absolute Gasteiger partial charge is 0.448 e. The smallest absolute Gasteiger partial charge is 0.217 e. The first-order chi connectivity index (χ1) is 11.5. The van der Waals surface area contributed by atoms with Gasteiger partial charge in [-0.15, -0.1) is 0 Å². The van der Waals surface area contributed by atoms with Crippen LogP contribution in [0.25, 0.3) is 0 Å². The van der Waals surface area contributed by atoms with Gasteiger partial charge in [0.15, 0.2) is 0 Å². The van der Waals surface area contributed by atoms with Gasteiger partial charge in [-0.05, 0) is 60.8 Å². The lowest BCUT2D eigenvalue weighted by molar-refractivity contribution is 0.318. The predicted molar refractivity (Wildman–Crippen MR) is 92.5 cm³/mol. The zero-order valence-electron chi connectivity index (χ0n) is 13.9. The van der Waals surface area contributed by atoms with E-state index >= 15 is 0 Å². The summed E-state index contributed by atoms with van der Waals surface area (Å²) in [5, 5.41) is 3.70. The Bertz CT molecular complexity index is 807. The molecule has 1 aromatic carbocycles. The monoisotopic (exact) mass is 345 g/mol. The molecule has 0 spiro atoms. The van der Waals surface area contributed by atoms with Gasteiger partial charge in [0, 0.05) is 12.3 Å². The van der Waals surface area contributed by atoms with Crippen LogP contribution in [0.5, 0.6) is 0 Å². The molecule has 24 heavy (non-hydrogen) atoms. The number of benzene rings is 1. The second kappa shape index (κ2) is 6.05.